The summed E-state index contributed by atoms with van der Waals surface area (Å²) in [5.74, 6) is 0.00343. The molecule has 1 heterocycles. The van der Waals surface area contributed by atoms with E-state index in [1.165, 1.54) is 30.9 Å². The molecule has 2 N–H and O–H groups in total. The lowest BCUT2D eigenvalue weighted by Crippen LogP contribution is -2.48. The summed E-state index contributed by atoms with van der Waals surface area (Å²) in [6.45, 7) is 8.78. The molecule has 0 bridgehead atoms. The number of anilines is 3. The van der Waals surface area contributed by atoms with Gasteiger partial charge in [0.1, 0.15) is 11.4 Å². The number of benzene rings is 2. The number of aryl methyl sites for hydroxylation is 1. The van der Waals surface area contributed by atoms with E-state index in [-0.39, 0.29) is 16.7 Å². The van der Waals surface area contributed by atoms with Crippen molar-refractivity contribution in [3.8, 4) is 5.75 Å². The molecule has 9 heteroatoms. The normalized spacial score (nSPS) is 14.9. The molecule has 2 aromatic carbocycles. The number of amides is 2. The number of nitrogens with zero attached hydrogens (tertiary/aromatic N) is 1. The smallest absolute Gasteiger partial charge is 0.261 e. The number of hydrogen-bond acceptors (Lipinski definition) is 5. The molecular formula is C22H27N3O5S. The van der Waals surface area contributed by atoms with Gasteiger partial charge in [-0.05, 0) is 56.2 Å². The van der Waals surface area contributed by atoms with Crippen molar-refractivity contribution in [3.05, 3.63) is 42.0 Å². The van der Waals surface area contributed by atoms with Crippen LogP contribution in [0.1, 0.15) is 40.2 Å². The predicted molar refractivity (Wildman–Crippen MR) is 120 cm³/mol. The molecule has 3 rings (SSSR count). The largest absolute Gasteiger partial charge is 0.484 e. The maximum absolute atomic E-state index is 13.2. The van der Waals surface area contributed by atoms with Crippen molar-refractivity contribution in [1.82, 2.24) is 0 Å². The van der Waals surface area contributed by atoms with Gasteiger partial charge in [-0.3, -0.25) is 14.3 Å². The Balaban J connectivity index is 1.99. The molecule has 2 aromatic rings. The van der Waals surface area contributed by atoms with Gasteiger partial charge in [0.25, 0.3) is 10.0 Å². The Kier molecular flexibility index (Phi) is 6.00. The van der Waals surface area contributed by atoms with Crippen LogP contribution >= 0.6 is 0 Å². The zero-order chi connectivity index (χ0) is 23.0. The fraction of sp³-hybridized carbons (Fsp3) is 0.364. The molecule has 0 aliphatic carbocycles. The molecule has 1 aliphatic heterocycles. The predicted octanol–water partition coefficient (Wildman–Crippen LogP) is 3.53. The minimum atomic E-state index is -3.96. The molecule has 0 unspecified atom stereocenters. The van der Waals surface area contributed by atoms with E-state index in [4.69, 9.17) is 4.74 Å². The van der Waals surface area contributed by atoms with Crippen LogP contribution in [0.5, 0.6) is 5.75 Å². The summed E-state index contributed by atoms with van der Waals surface area (Å²) in [6.07, 6.45) is 0.601. The number of ether oxygens (including phenoxy) is 1. The van der Waals surface area contributed by atoms with Crippen molar-refractivity contribution in [1.29, 1.82) is 0 Å². The highest BCUT2D eigenvalue weighted by Crippen LogP contribution is 2.39. The van der Waals surface area contributed by atoms with Crippen molar-refractivity contribution < 1.29 is 22.7 Å². The lowest BCUT2D eigenvalue weighted by atomic mass is 10.1. The first kappa shape index (κ1) is 22.6. The molecule has 0 radical (unpaired) electrons. The first-order valence-electron chi connectivity index (χ1n) is 9.96. The van der Waals surface area contributed by atoms with Crippen LogP contribution in [0.15, 0.2) is 41.3 Å². The topological polar surface area (TPSA) is 105 Å². The van der Waals surface area contributed by atoms with E-state index >= 15 is 0 Å². The quantitative estimate of drug-likeness (QED) is 0.733. The standard InChI is InChI=1S/C22H27N3O5S/c1-6-16-7-8-17(23-14(2)26)11-19(16)24-31(28,29)18-9-10-21-20(12-18)25(15(3)27)13-22(4,5)30-21/h7-12,24H,6,13H2,1-5H3,(H,23,26). The third kappa shape index (κ3) is 4.99. The monoisotopic (exact) mass is 445 g/mol. The van der Waals surface area contributed by atoms with Crippen LogP contribution in [0.25, 0.3) is 0 Å². The van der Waals surface area contributed by atoms with Crippen molar-refractivity contribution in [2.45, 2.75) is 51.5 Å². The Hall–Kier alpha value is -3.07. The zero-order valence-electron chi connectivity index (χ0n) is 18.3. The molecular weight excluding hydrogens is 418 g/mol. The fourth-order valence-corrected chi connectivity index (χ4v) is 4.61. The molecule has 2 amide bonds. The number of nitrogens with one attached hydrogen (secondary N) is 2. The van der Waals surface area contributed by atoms with E-state index in [1.54, 1.807) is 24.3 Å². The molecule has 0 saturated heterocycles. The van der Waals surface area contributed by atoms with Gasteiger partial charge < -0.3 is 15.0 Å². The van der Waals surface area contributed by atoms with E-state index in [2.05, 4.69) is 10.0 Å². The minimum absolute atomic E-state index is 0.00721. The summed E-state index contributed by atoms with van der Waals surface area (Å²) in [5, 5.41) is 2.65. The van der Waals surface area contributed by atoms with Gasteiger partial charge in [-0.2, -0.15) is 0 Å². The van der Waals surface area contributed by atoms with Crippen molar-refractivity contribution in [2.24, 2.45) is 0 Å². The Morgan fingerprint density at radius 3 is 2.45 bits per heavy atom. The molecule has 8 nitrogen and oxygen atoms in total. The lowest BCUT2D eigenvalue weighted by molar-refractivity contribution is -0.117. The van der Waals surface area contributed by atoms with Crippen LogP contribution in [0.4, 0.5) is 17.1 Å². The van der Waals surface area contributed by atoms with Crippen molar-refractivity contribution >= 4 is 38.9 Å². The van der Waals surface area contributed by atoms with E-state index in [0.717, 1.165) is 5.56 Å². The van der Waals surface area contributed by atoms with Gasteiger partial charge in [0.2, 0.25) is 11.8 Å². The number of carbonyl (C=O) groups is 2. The SMILES string of the molecule is CCc1ccc(NC(C)=O)cc1NS(=O)(=O)c1ccc2c(c1)N(C(C)=O)CC(C)(C)O2. The third-order valence-electron chi connectivity index (χ3n) is 4.89. The zero-order valence-corrected chi connectivity index (χ0v) is 19.1. The maximum atomic E-state index is 13.2. The van der Waals surface area contributed by atoms with Gasteiger partial charge in [-0.1, -0.05) is 13.0 Å². The Morgan fingerprint density at radius 2 is 1.84 bits per heavy atom. The van der Waals surface area contributed by atoms with Crippen molar-refractivity contribution in [2.75, 3.05) is 21.5 Å². The average molecular weight is 446 g/mol. The Bertz CT molecular complexity index is 1140. The average Bonchev–Trinajstić information content (AvgIpc) is 2.65. The highest BCUT2D eigenvalue weighted by atomic mass is 32.2. The van der Waals surface area contributed by atoms with E-state index < -0.39 is 15.6 Å². The van der Waals surface area contributed by atoms with Crippen LogP contribution < -0.4 is 19.7 Å². The highest BCUT2D eigenvalue weighted by Gasteiger charge is 2.34. The van der Waals surface area contributed by atoms with Crippen molar-refractivity contribution in [3.63, 3.8) is 0 Å². The highest BCUT2D eigenvalue weighted by molar-refractivity contribution is 7.92. The second kappa shape index (κ2) is 8.22. The molecule has 1 aliphatic rings. The summed E-state index contributed by atoms with van der Waals surface area (Å²) < 4.78 is 34.8. The number of carbonyl (C=O) groups excluding carboxylic acids is 2. The summed E-state index contributed by atoms with van der Waals surface area (Å²) >= 11 is 0. The Morgan fingerprint density at radius 1 is 1.13 bits per heavy atom. The fourth-order valence-electron chi connectivity index (χ4n) is 3.50. The van der Waals surface area contributed by atoms with E-state index in [9.17, 15) is 18.0 Å². The van der Waals surface area contributed by atoms with Gasteiger partial charge in [0.05, 0.1) is 22.8 Å². The van der Waals surface area contributed by atoms with Gasteiger partial charge in [-0.25, -0.2) is 8.42 Å². The summed E-state index contributed by atoms with van der Waals surface area (Å²) in [6, 6.07) is 9.53. The number of hydrogen-bond donors (Lipinski definition) is 2. The summed E-state index contributed by atoms with van der Waals surface area (Å²) in [4.78, 5) is 25.1. The second-order valence-electron chi connectivity index (χ2n) is 8.11. The molecule has 0 fully saturated rings. The second-order valence-corrected chi connectivity index (χ2v) is 9.79. The molecule has 31 heavy (non-hydrogen) atoms. The van der Waals surface area contributed by atoms with Gasteiger partial charge in [0.15, 0.2) is 0 Å². The molecule has 0 atom stereocenters. The van der Waals surface area contributed by atoms with Crippen LogP contribution in [0.3, 0.4) is 0 Å². The maximum Gasteiger partial charge on any atom is 0.261 e. The summed E-state index contributed by atoms with van der Waals surface area (Å²) in [7, 11) is -3.96. The minimum Gasteiger partial charge on any atom is -0.484 e. The van der Waals surface area contributed by atoms with Crippen LogP contribution in [0.2, 0.25) is 0 Å². The molecule has 0 saturated carbocycles. The van der Waals surface area contributed by atoms with Crippen LogP contribution in [0, 0.1) is 0 Å². The molecule has 166 valence electrons. The van der Waals surface area contributed by atoms with E-state index in [0.29, 0.717) is 35.8 Å². The first-order valence-corrected chi connectivity index (χ1v) is 11.4. The third-order valence-corrected chi connectivity index (χ3v) is 6.26. The molecule has 0 spiro atoms. The van der Waals surface area contributed by atoms with E-state index in [1.807, 2.05) is 20.8 Å². The number of fused-ring (bicyclic) bond motifs is 1. The van der Waals surface area contributed by atoms with Gasteiger partial charge in [0, 0.05) is 19.5 Å². The Labute approximate surface area is 182 Å². The van der Waals surface area contributed by atoms with Gasteiger partial charge >= 0.3 is 0 Å². The van der Waals surface area contributed by atoms with Gasteiger partial charge in [-0.15, -0.1) is 0 Å². The number of sulfonamides is 1. The molecule has 0 aromatic heterocycles. The van der Waals surface area contributed by atoms with Crippen LogP contribution in [-0.4, -0.2) is 32.4 Å². The number of rotatable bonds is 5. The van der Waals surface area contributed by atoms with Crippen LogP contribution in [-0.2, 0) is 26.0 Å². The first-order chi connectivity index (χ1) is 14.4. The summed E-state index contributed by atoms with van der Waals surface area (Å²) in [5.41, 5.74) is 1.49. The lowest BCUT2D eigenvalue weighted by Gasteiger charge is -2.39.